The van der Waals surface area contributed by atoms with Crippen molar-refractivity contribution < 1.29 is 9.18 Å². The Morgan fingerprint density at radius 2 is 2.22 bits per heavy atom. The molecule has 1 aliphatic rings. The van der Waals surface area contributed by atoms with Gasteiger partial charge in [-0.05, 0) is 36.5 Å². The third-order valence-electron chi connectivity index (χ3n) is 4.07. The average Bonchev–Trinajstić information content (AvgIpc) is 3.10. The van der Waals surface area contributed by atoms with Crippen molar-refractivity contribution in [2.75, 3.05) is 24.5 Å². The zero-order valence-electron chi connectivity index (χ0n) is 12.9. The van der Waals surface area contributed by atoms with Crippen LogP contribution in [-0.4, -0.2) is 30.5 Å². The van der Waals surface area contributed by atoms with Crippen LogP contribution in [0.5, 0.6) is 0 Å². The molecular formula is C17H20FN3OS. The summed E-state index contributed by atoms with van der Waals surface area (Å²) in [7, 11) is 0. The summed E-state index contributed by atoms with van der Waals surface area (Å²) in [6, 6.07) is 6.07. The first kappa shape index (κ1) is 15.9. The molecule has 0 radical (unpaired) electrons. The van der Waals surface area contributed by atoms with Gasteiger partial charge in [0.05, 0.1) is 6.42 Å². The molecule has 2 aromatic rings. The number of thiazole rings is 1. The second-order valence-corrected chi connectivity index (χ2v) is 6.75. The van der Waals surface area contributed by atoms with E-state index in [2.05, 4.69) is 15.2 Å². The minimum absolute atomic E-state index is 0.0111. The summed E-state index contributed by atoms with van der Waals surface area (Å²) in [6.07, 6.45) is 4.37. The molecule has 1 aromatic heterocycles. The fourth-order valence-electron chi connectivity index (χ4n) is 2.89. The molecule has 1 fully saturated rings. The van der Waals surface area contributed by atoms with E-state index >= 15 is 0 Å². The standard InChI is InChI=1S/C17H20FN3OS/c18-15-5-3-13(4-6-15)10-16(22)20-11-14-2-1-8-21(12-14)17-19-7-9-23-17/h3-7,9,14H,1-2,8,10-12H2,(H,20,22)/t14-/m1/s1. The van der Waals surface area contributed by atoms with Crippen molar-refractivity contribution in [1.82, 2.24) is 10.3 Å². The highest BCUT2D eigenvalue weighted by Gasteiger charge is 2.21. The fourth-order valence-corrected chi connectivity index (χ4v) is 3.57. The van der Waals surface area contributed by atoms with Gasteiger partial charge in [-0.3, -0.25) is 4.79 Å². The number of nitrogens with zero attached hydrogens (tertiary/aromatic N) is 2. The molecule has 0 bridgehead atoms. The van der Waals surface area contributed by atoms with Crippen molar-refractivity contribution in [3.8, 4) is 0 Å². The summed E-state index contributed by atoms with van der Waals surface area (Å²) in [5.41, 5.74) is 0.831. The van der Waals surface area contributed by atoms with Crippen LogP contribution in [0, 0.1) is 11.7 Å². The van der Waals surface area contributed by atoms with Gasteiger partial charge in [0.2, 0.25) is 5.91 Å². The lowest BCUT2D eigenvalue weighted by molar-refractivity contribution is -0.120. The van der Waals surface area contributed by atoms with E-state index in [1.54, 1.807) is 23.5 Å². The van der Waals surface area contributed by atoms with Gasteiger partial charge >= 0.3 is 0 Å². The molecule has 0 saturated carbocycles. The molecule has 0 unspecified atom stereocenters. The van der Waals surface area contributed by atoms with Crippen LogP contribution in [0.2, 0.25) is 0 Å². The molecular weight excluding hydrogens is 313 g/mol. The SMILES string of the molecule is O=C(Cc1ccc(F)cc1)NC[C@H]1CCCN(c2nccs2)C1. The number of carbonyl (C=O) groups excluding carboxylic acids is 1. The molecule has 1 amide bonds. The molecule has 122 valence electrons. The predicted octanol–water partition coefficient (Wildman–Crippen LogP) is 2.86. The predicted molar refractivity (Wildman–Crippen MR) is 90.2 cm³/mol. The number of nitrogens with one attached hydrogen (secondary N) is 1. The van der Waals surface area contributed by atoms with E-state index in [4.69, 9.17) is 0 Å². The number of hydrogen-bond acceptors (Lipinski definition) is 4. The van der Waals surface area contributed by atoms with Crippen LogP contribution >= 0.6 is 11.3 Å². The molecule has 2 heterocycles. The first-order valence-corrected chi connectivity index (χ1v) is 8.74. The summed E-state index contributed by atoms with van der Waals surface area (Å²) in [5, 5.41) is 6.06. The Balaban J connectivity index is 1.46. The second-order valence-electron chi connectivity index (χ2n) is 5.88. The van der Waals surface area contributed by atoms with Crippen LogP contribution in [0.15, 0.2) is 35.8 Å². The van der Waals surface area contributed by atoms with E-state index in [1.807, 2.05) is 11.6 Å². The molecule has 23 heavy (non-hydrogen) atoms. The monoisotopic (exact) mass is 333 g/mol. The number of halogens is 1. The van der Waals surface area contributed by atoms with Gasteiger partial charge in [-0.25, -0.2) is 9.37 Å². The largest absolute Gasteiger partial charge is 0.355 e. The van der Waals surface area contributed by atoms with Gasteiger partial charge < -0.3 is 10.2 Å². The Morgan fingerprint density at radius 3 is 2.96 bits per heavy atom. The number of rotatable bonds is 5. The lowest BCUT2D eigenvalue weighted by atomic mass is 9.98. The molecule has 1 aromatic carbocycles. The van der Waals surface area contributed by atoms with Gasteiger partial charge in [-0.15, -0.1) is 11.3 Å². The number of piperidine rings is 1. The van der Waals surface area contributed by atoms with Crippen molar-refractivity contribution in [1.29, 1.82) is 0 Å². The number of aromatic nitrogens is 1. The third-order valence-corrected chi connectivity index (χ3v) is 4.91. The number of carbonyl (C=O) groups is 1. The molecule has 1 saturated heterocycles. The third kappa shape index (κ3) is 4.51. The minimum Gasteiger partial charge on any atom is -0.355 e. The summed E-state index contributed by atoms with van der Waals surface area (Å²) in [6.45, 7) is 2.65. The summed E-state index contributed by atoms with van der Waals surface area (Å²) in [5.74, 6) is 0.159. The Hall–Kier alpha value is -1.95. The minimum atomic E-state index is -0.279. The number of benzene rings is 1. The van der Waals surface area contributed by atoms with Crippen LogP contribution in [0.4, 0.5) is 9.52 Å². The maximum atomic E-state index is 12.9. The van der Waals surface area contributed by atoms with Crippen molar-refractivity contribution in [3.05, 3.63) is 47.2 Å². The highest BCUT2D eigenvalue weighted by atomic mass is 32.1. The van der Waals surface area contributed by atoms with Gasteiger partial charge in [0.25, 0.3) is 0 Å². The first-order valence-electron chi connectivity index (χ1n) is 7.86. The van der Waals surface area contributed by atoms with Crippen molar-refractivity contribution in [2.24, 2.45) is 5.92 Å². The zero-order valence-corrected chi connectivity index (χ0v) is 13.7. The second kappa shape index (κ2) is 7.55. The Labute approximate surface area is 139 Å². The van der Waals surface area contributed by atoms with Gasteiger partial charge in [0.15, 0.2) is 5.13 Å². The first-order chi connectivity index (χ1) is 11.2. The summed E-state index contributed by atoms with van der Waals surface area (Å²) < 4.78 is 12.9. The molecule has 1 atom stereocenters. The molecule has 1 N–H and O–H groups in total. The van der Waals surface area contributed by atoms with Crippen molar-refractivity contribution >= 4 is 22.4 Å². The Bertz CT molecular complexity index is 630. The summed E-state index contributed by atoms with van der Waals surface area (Å²) >= 11 is 1.66. The Morgan fingerprint density at radius 1 is 1.39 bits per heavy atom. The smallest absolute Gasteiger partial charge is 0.224 e. The number of amides is 1. The summed E-state index contributed by atoms with van der Waals surface area (Å²) in [4.78, 5) is 18.7. The lowest BCUT2D eigenvalue weighted by Crippen LogP contribution is -2.41. The molecule has 4 nitrogen and oxygen atoms in total. The highest BCUT2D eigenvalue weighted by molar-refractivity contribution is 7.13. The van der Waals surface area contributed by atoms with Gasteiger partial charge in [-0.1, -0.05) is 12.1 Å². The van der Waals surface area contributed by atoms with Crippen molar-refractivity contribution in [2.45, 2.75) is 19.3 Å². The van der Waals surface area contributed by atoms with Crippen LogP contribution in [0.1, 0.15) is 18.4 Å². The molecule has 0 spiro atoms. The van der Waals surface area contributed by atoms with E-state index in [0.717, 1.165) is 36.6 Å². The Kier molecular flexibility index (Phi) is 5.23. The maximum absolute atomic E-state index is 12.9. The van der Waals surface area contributed by atoms with Crippen LogP contribution < -0.4 is 10.2 Å². The topological polar surface area (TPSA) is 45.2 Å². The van der Waals surface area contributed by atoms with E-state index < -0.39 is 0 Å². The average molecular weight is 333 g/mol. The van der Waals surface area contributed by atoms with Gasteiger partial charge in [-0.2, -0.15) is 0 Å². The normalized spacial score (nSPS) is 18.0. The highest BCUT2D eigenvalue weighted by Crippen LogP contribution is 2.24. The van der Waals surface area contributed by atoms with E-state index in [1.165, 1.54) is 12.1 Å². The van der Waals surface area contributed by atoms with Crippen LogP contribution in [0.25, 0.3) is 0 Å². The molecule has 3 rings (SSSR count). The van der Waals surface area contributed by atoms with Crippen LogP contribution in [0.3, 0.4) is 0 Å². The van der Waals surface area contributed by atoms with E-state index in [9.17, 15) is 9.18 Å². The molecule has 0 aliphatic carbocycles. The van der Waals surface area contributed by atoms with Crippen LogP contribution in [-0.2, 0) is 11.2 Å². The van der Waals surface area contributed by atoms with Gasteiger partial charge in [0.1, 0.15) is 5.82 Å². The maximum Gasteiger partial charge on any atom is 0.224 e. The number of anilines is 1. The molecule has 6 heteroatoms. The zero-order chi connectivity index (χ0) is 16.1. The van der Waals surface area contributed by atoms with Gasteiger partial charge in [0, 0.05) is 31.2 Å². The van der Waals surface area contributed by atoms with E-state index in [0.29, 0.717) is 18.9 Å². The molecule has 1 aliphatic heterocycles. The van der Waals surface area contributed by atoms with Crippen molar-refractivity contribution in [3.63, 3.8) is 0 Å². The quantitative estimate of drug-likeness (QED) is 0.915. The van der Waals surface area contributed by atoms with E-state index in [-0.39, 0.29) is 11.7 Å². The fraction of sp³-hybridized carbons (Fsp3) is 0.412. The lowest BCUT2D eigenvalue weighted by Gasteiger charge is -2.32. The number of hydrogen-bond donors (Lipinski definition) is 1.